The van der Waals surface area contributed by atoms with E-state index in [-0.39, 0.29) is 22.9 Å². The van der Waals surface area contributed by atoms with Crippen molar-refractivity contribution in [3.8, 4) is 28.6 Å². The van der Waals surface area contributed by atoms with Crippen molar-refractivity contribution in [1.29, 1.82) is 0 Å². The zero-order valence-corrected chi connectivity index (χ0v) is 23.5. The number of alkyl halides is 3. The summed E-state index contributed by atoms with van der Waals surface area (Å²) in [4.78, 5) is 17.0. The van der Waals surface area contributed by atoms with Crippen LogP contribution in [0.2, 0.25) is 0 Å². The van der Waals surface area contributed by atoms with Crippen LogP contribution in [0.1, 0.15) is 23.1 Å². The van der Waals surface area contributed by atoms with Gasteiger partial charge in [-0.2, -0.15) is 0 Å². The highest BCUT2D eigenvalue weighted by Gasteiger charge is 2.31. The lowest BCUT2D eigenvalue weighted by Crippen LogP contribution is -2.47. The normalized spacial score (nSPS) is 14.5. The summed E-state index contributed by atoms with van der Waals surface area (Å²) in [5.74, 6) is 0.910. The number of fused-ring (bicyclic) bond motifs is 1. The number of benzene rings is 3. The van der Waals surface area contributed by atoms with E-state index in [4.69, 9.17) is 17.0 Å². The number of carbonyl (C=O) groups is 1. The molecule has 42 heavy (non-hydrogen) atoms. The van der Waals surface area contributed by atoms with E-state index in [1.807, 2.05) is 43.3 Å². The molecular weight excluding hydrogens is 569 g/mol. The second kappa shape index (κ2) is 12.1. The van der Waals surface area contributed by atoms with Crippen LogP contribution in [-0.4, -0.2) is 45.4 Å². The summed E-state index contributed by atoms with van der Waals surface area (Å²) in [6, 6.07) is 16.4. The van der Waals surface area contributed by atoms with Gasteiger partial charge in [-0.05, 0) is 104 Å². The third-order valence-electron chi connectivity index (χ3n) is 6.76. The number of rotatable bonds is 6. The molecule has 2 amide bonds. The number of ether oxygens (including phenoxy) is 2. The zero-order chi connectivity index (χ0) is 29.9. The van der Waals surface area contributed by atoms with Gasteiger partial charge in [0.05, 0.1) is 12.8 Å². The van der Waals surface area contributed by atoms with Gasteiger partial charge in [0.25, 0.3) is 0 Å². The second-order valence-electron chi connectivity index (χ2n) is 9.71. The predicted molar refractivity (Wildman–Crippen MR) is 155 cm³/mol. The Balaban J connectivity index is 1.16. The molecule has 0 bridgehead atoms. The van der Waals surface area contributed by atoms with Gasteiger partial charge in [-0.25, -0.2) is 14.5 Å². The van der Waals surface area contributed by atoms with Crippen LogP contribution in [0.4, 0.5) is 23.7 Å². The van der Waals surface area contributed by atoms with E-state index in [9.17, 15) is 18.0 Å². The monoisotopic (exact) mass is 596 g/mol. The standard InChI is InChI=1S/C29H27F3N6O3S/c1-17-13-24(40-2)11-12-25(17)35-28(42)36-27(39)34-21-6-5-18-14-20(4-3-19(18)15-21)26-33-16-38(37-26)22-7-9-23(10-8-22)41-29(30,31)32/h3-4,7-14,16,21H,5-6,15H2,1-2H3,(H3,34,35,36,39,42). The molecule has 3 N–H and O–H groups in total. The van der Waals surface area contributed by atoms with Gasteiger partial charge in [-0.1, -0.05) is 12.1 Å². The lowest BCUT2D eigenvalue weighted by molar-refractivity contribution is -0.274. The molecule has 1 aliphatic carbocycles. The minimum Gasteiger partial charge on any atom is -0.497 e. The Morgan fingerprint density at radius 3 is 2.52 bits per heavy atom. The molecule has 218 valence electrons. The molecule has 3 aromatic carbocycles. The smallest absolute Gasteiger partial charge is 0.497 e. The number of nitrogens with zero attached hydrogens (tertiary/aromatic N) is 3. The van der Waals surface area contributed by atoms with E-state index in [0.29, 0.717) is 17.9 Å². The fourth-order valence-corrected chi connectivity index (χ4v) is 4.92. The summed E-state index contributed by atoms with van der Waals surface area (Å²) in [6.45, 7) is 1.92. The maximum absolute atomic E-state index is 12.6. The van der Waals surface area contributed by atoms with E-state index in [1.165, 1.54) is 35.3 Å². The molecule has 9 nitrogen and oxygen atoms in total. The van der Waals surface area contributed by atoms with Crippen molar-refractivity contribution < 1.29 is 27.4 Å². The Morgan fingerprint density at radius 1 is 1.05 bits per heavy atom. The molecule has 4 aromatic rings. The molecule has 13 heteroatoms. The maximum atomic E-state index is 12.6. The SMILES string of the molecule is COc1ccc(NC(=S)NC(=O)NC2CCc3cc(-c4ncn(-c5ccc(OC(F)(F)F)cc5)n4)ccc3C2)c(C)c1. The number of thiocarbonyl (C=S) groups is 1. The molecule has 1 heterocycles. The Labute approximate surface area is 245 Å². The van der Waals surface area contributed by atoms with Crippen molar-refractivity contribution in [3.05, 3.63) is 83.7 Å². The van der Waals surface area contributed by atoms with Crippen molar-refractivity contribution in [2.24, 2.45) is 0 Å². The van der Waals surface area contributed by atoms with Crippen LogP contribution in [-0.2, 0) is 12.8 Å². The van der Waals surface area contributed by atoms with E-state index >= 15 is 0 Å². The summed E-state index contributed by atoms with van der Waals surface area (Å²) < 4.78 is 47.9. The third kappa shape index (κ3) is 7.16. The Morgan fingerprint density at radius 2 is 1.81 bits per heavy atom. The van der Waals surface area contributed by atoms with E-state index < -0.39 is 6.36 Å². The minimum absolute atomic E-state index is 0.0597. The first-order chi connectivity index (χ1) is 20.1. The van der Waals surface area contributed by atoms with Gasteiger partial charge in [-0.3, -0.25) is 5.32 Å². The van der Waals surface area contributed by atoms with Gasteiger partial charge in [0.2, 0.25) is 0 Å². The topological polar surface area (TPSA) is 102 Å². The highest BCUT2D eigenvalue weighted by atomic mass is 32.1. The van der Waals surface area contributed by atoms with Gasteiger partial charge >= 0.3 is 12.4 Å². The van der Waals surface area contributed by atoms with Crippen LogP contribution < -0.4 is 25.4 Å². The molecule has 0 fully saturated rings. The summed E-state index contributed by atoms with van der Waals surface area (Å²) >= 11 is 5.31. The van der Waals surface area contributed by atoms with Gasteiger partial charge < -0.3 is 20.1 Å². The van der Waals surface area contributed by atoms with E-state index in [0.717, 1.165) is 46.5 Å². The first-order valence-corrected chi connectivity index (χ1v) is 13.4. The molecule has 0 aliphatic heterocycles. The Hall–Kier alpha value is -4.65. The number of urea groups is 1. The Kier molecular flexibility index (Phi) is 8.29. The number of hydrogen-bond donors (Lipinski definition) is 3. The number of amides is 2. The average molecular weight is 597 g/mol. The lowest BCUT2D eigenvalue weighted by Gasteiger charge is -2.26. The molecule has 0 saturated carbocycles. The van der Waals surface area contributed by atoms with Crippen LogP contribution in [0.3, 0.4) is 0 Å². The van der Waals surface area contributed by atoms with Crippen LogP contribution in [0.5, 0.6) is 11.5 Å². The number of methoxy groups -OCH3 is 1. The van der Waals surface area contributed by atoms with Crippen molar-refractivity contribution in [1.82, 2.24) is 25.4 Å². The van der Waals surface area contributed by atoms with E-state index in [2.05, 4.69) is 30.8 Å². The van der Waals surface area contributed by atoms with Crippen molar-refractivity contribution in [2.75, 3.05) is 12.4 Å². The minimum atomic E-state index is -4.75. The maximum Gasteiger partial charge on any atom is 0.573 e. The number of anilines is 1. The summed E-state index contributed by atoms with van der Waals surface area (Å²) in [7, 11) is 1.60. The fraction of sp³-hybridized carbons (Fsp3) is 0.241. The Bertz CT molecular complexity index is 1610. The van der Waals surface area contributed by atoms with Gasteiger partial charge in [0, 0.05) is 17.3 Å². The number of halogens is 3. The van der Waals surface area contributed by atoms with Gasteiger partial charge in [0.15, 0.2) is 10.9 Å². The molecule has 1 aliphatic rings. The average Bonchev–Trinajstić information content (AvgIpc) is 3.44. The molecule has 1 atom stereocenters. The van der Waals surface area contributed by atoms with Crippen molar-refractivity contribution in [3.63, 3.8) is 0 Å². The molecule has 0 spiro atoms. The first-order valence-electron chi connectivity index (χ1n) is 13.0. The first kappa shape index (κ1) is 28.9. The van der Waals surface area contributed by atoms with Crippen LogP contribution in [0.25, 0.3) is 17.1 Å². The fourth-order valence-electron chi connectivity index (χ4n) is 4.72. The van der Waals surface area contributed by atoms with Crippen LogP contribution in [0.15, 0.2) is 67.0 Å². The summed E-state index contributed by atoms with van der Waals surface area (Å²) in [6.07, 6.45) is -1.09. The molecule has 1 unspecified atom stereocenters. The molecule has 5 rings (SSSR count). The second-order valence-corrected chi connectivity index (χ2v) is 10.1. The largest absolute Gasteiger partial charge is 0.573 e. The van der Waals surface area contributed by atoms with Gasteiger partial charge in [0.1, 0.15) is 17.8 Å². The summed E-state index contributed by atoms with van der Waals surface area (Å²) in [5, 5.41) is 13.4. The summed E-state index contributed by atoms with van der Waals surface area (Å²) in [5.41, 5.74) is 5.32. The van der Waals surface area contributed by atoms with E-state index in [1.54, 1.807) is 7.11 Å². The number of aryl methyl sites for hydroxylation is 2. The zero-order valence-electron chi connectivity index (χ0n) is 22.7. The third-order valence-corrected chi connectivity index (χ3v) is 6.97. The number of carbonyl (C=O) groups excluding carboxylic acids is 1. The molecule has 0 radical (unpaired) electrons. The van der Waals surface area contributed by atoms with Crippen molar-refractivity contribution >= 4 is 29.0 Å². The number of aromatic nitrogens is 3. The predicted octanol–water partition coefficient (Wildman–Crippen LogP) is 5.70. The van der Waals surface area contributed by atoms with Crippen LogP contribution >= 0.6 is 12.2 Å². The quantitative estimate of drug-likeness (QED) is 0.245. The highest BCUT2D eigenvalue weighted by molar-refractivity contribution is 7.80. The molecule has 1 aromatic heterocycles. The molecule has 0 saturated heterocycles. The number of nitrogens with one attached hydrogen (secondary N) is 3. The highest BCUT2D eigenvalue weighted by Crippen LogP contribution is 2.28. The van der Waals surface area contributed by atoms with Crippen LogP contribution in [0, 0.1) is 6.92 Å². The lowest BCUT2D eigenvalue weighted by atomic mass is 9.87. The van der Waals surface area contributed by atoms with Crippen molar-refractivity contribution in [2.45, 2.75) is 38.6 Å². The van der Waals surface area contributed by atoms with Gasteiger partial charge in [-0.15, -0.1) is 18.3 Å². The number of hydrogen-bond acceptors (Lipinski definition) is 6. The molecular formula is C29H27F3N6O3S.